The molecule has 0 aliphatic rings. The molecule has 31 heavy (non-hydrogen) atoms. The molecule has 0 saturated carbocycles. The Morgan fingerprint density at radius 3 is 2.55 bits per heavy atom. The summed E-state index contributed by atoms with van der Waals surface area (Å²) >= 11 is 6.95. The van der Waals surface area contributed by atoms with Gasteiger partial charge in [0.15, 0.2) is 0 Å². The largest absolute Gasteiger partial charge is 0.488 e. The molecule has 0 aliphatic heterocycles. The van der Waals surface area contributed by atoms with Gasteiger partial charge in [0.05, 0.1) is 21.6 Å². The highest BCUT2D eigenvalue weighted by molar-refractivity contribution is 9.10. The van der Waals surface area contributed by atoms with Gasteiger partial charge in [0.1, 0.15) is 18.2 Å². The molecule has 156 valence electrons. The van der Waals surface area contributed by atoms with Crippen molar-refractivity contribution in [2.75, 3.05) is 0 Å². The van der Waals surface area contributed by atoms with Crippen LogP contribution < -0.4 is 10.3 Å². The van der Waals surface area contributed by atoms with Crippen molar-refractivity contribution in [3.05, 3.63) is 102 Å². The van der Waals surface area contributed by atoms with Crippen LogP contribution in [-0.4, -0.2) is 15.9 Å². The maximum atomic E-state index is 12.8. The van der Waals surface area contributed by atoms with E-state index in [4.69, 9.17) is 4.74 Å². The Hall–Kier alpha value is -2.77. The molecule has 0 fully saturated rings. The zero-order chi connectivity index (χ0) is 22.0. The minimum absolute atomic E-state index is 0.211. The average Bonchev–Trinajstić information content (AvgIpc) is 2.75. The molecule has 4 aromatic rings. The van der Waals surface area contributed by atoms with Crippen LogP contribution in [0, 0.1) is 13.8 Å². The quantitative estimate of drug-likeness (QED) is 0.292. The van der Waals surface area contributed by atoms with E-state index in [0.29, 0.717) is 23.3 Å². The van der Waals surface area contributed by atoms with Crippen LogP contribution in [0.3, 0.4) is 0 Å². The Morgan fingerprint density at radius 2 is 1.81 bits per heavy atom. The van der Waals surface area contributed by atoms with Crippen molar-refractivity contribution in [1.82, 2.24) is 9.66 Å². The standard InChI is InChI=1S/C24H19Br2N3O2/c1-15-3-5-17(6-4-15)14-31-23-10-7-18(11-21(23)26)13-27-29-16(2)28-22-9-8-19(25)12-20(22)24(29)30/h3-13H,14H2,1-2H3. The van der Waals surface area contributed by atoms with Crippen molar-refractivity contribution in [2.24, 2.45) is 5.10 Å². The van der Waals surface area contributed by atoms with E-state index in [0.717, 1.165) is 25.8 Å². The van der Waals surface area contributed by atoms with Gasteiger partial charge in [0, 0.05) is 4.47 Å². The van der Waals surface area contributed by atoms with Crippen molar-refractivity contribution < 1.29 is 4.74 Å². The van der Waals surface area contributed by atoms with E-state index < -0.39 is 0 Å². The number of fused-ring (bicyclic) bond motifs is 1. The second-order valence-corrected chi connectivity index (χ2v) is 8.92. The Labute approximate surface area is 196 Å². The van der Waals surface area contributed by atoms with Gasteiger partial charge in [-0.15, -0.1) is 0 Å². The molecular weight excluding hydrogens is 522 g/mol. The van der Waals surface area contributed by atoms with Crippen LogP contribution >= 0.6 is 31.9 Å². The van der Waals surface area contributed by atoms with Gasteiger partial charge in [-0.25, -0.2) is 4.98 Å². The number of aryl methyl sites for hydroxylation is 2. The molecule has 3 aromatic carbocycles. The van der Waals surface area contributed by atoms with E-state index in [-0.39, 0.29) is 5.56 Å². The summed E-state index contributed by atoms with van der Waals surface area (Å²) in [5, 5.41) is 4.88. The molecule has 0 atom stereocenters. The maximum Gasteiger partial charge on any atom is 0.282 e. The van der Waals surface area contributed by atoms with Gasteiger partial charge in [-0.3, -0.25) is 4.79 Å². The molecule has 1 aromatic heterocycles. The highest BCUT2D eigenvalue weighted by atomic mass is 79.9. The van der Waals surface area contributed by atoms with Gasteiger partial charge in [-0.2, -0.15) is 9.78 Å². The molecule has 0 radical (unpaired) electrons. The highest BCUT2D eigenvalue weighted by Gasteiger charge is 2.08. The fraction of sp³-hybridized carbons (Fsp3) is 0.125. The predicted molar refractivity (Wildman–Crippen MR) is 131 cm³/mol. The zero-order valence-corrected chi connectivity index (χ0v) is 20.1. The second kappa shape index (κ2) is 9.16. The first-order valence-corrected chi connectivity index (χ1v) is 11.2. The lowest BCUT2D eigenvalue weighted by molar-refractivity contribution is 0.304. The lowest BCUT2D eigenvalue weighted by Gasteiger charge is -2.09. The first-order chi connectivity index (χ1) is 14.9. The van der Waals surface area contributed by atoms with Crippen molar-refractivity contribution >= 4 is 49.0 Å². The van der Waals surface area contributed by atoms with Crippen LogP contribution in [0.15, 0.2) is 79.5 Å². The first-order valence-electron chi connectivity index (χ1n) is 9.62. The van der Waals surface area contributed by atoms with Gasteiger partial charge in [0.2, 0.25) is 0 Å². The molecule has 0 spiro atoms. The van der Waals surface area contributed by atoms with Crippen LogP contribution in [0.1, 0.15) is 22.5 Å². The van der Waals surface area contributed by atoms with Crippen molar-refractivity contribution in [2.45, 2.75) is 20.5 Å². The van der Waals surface area contributed by atoms with Crippen LogP contribution in [0.5, 0.6) is 5.75 Å². The lowest BCUT2D eigenvalue weighted by Crippen LogP contribution is -2.20. The minimum atomic E-state index is -0.211. The van der Waals surface area contributed by atoms with Crippen LogP contribution in [0.25, 0.3) is 10.9 Å². The summed E-state index contributed by atoms with van der Waals surface area (Å²) in [6.45, 7) is 4.31. The van der Waals surface area contributed by atoms with E-state index in [1.807, 2.05) is 30.3 Å². The van der Waals surface area contributed by atoms with Gasteiger partial charge in [-0.1, -0.05) is 45.8 Å². The number of rotatable bonds is 5. The molecule has 4 rings (SSSR count). The molecule has 1 heterocycles. The maximum absolute atomic E-state index is 12.8. The SMILES string of the molecule is Cc1ccc(COc2ccc(C=Nn3c(C)nc4ccc(Br)cc4c3=O)cc2Br)cc1. The summed E-state index contributed by atoms with van der Waals surface area (Å²) < 4.78 is 8.86. The van der Waals surface area contributed by atoms with E-state index >= 15 is 0 Å². The third kappa shape index (κ3) is 4.94. The molecular formula is C24H19Br2N3O2. The van der Waals surface area contributed by atoms with Crippen LogP contribution in [0.2, 0.25) is 0 Å². The number of hydrogen-bond donors (Lipinski definition) is 0. The van der Waals surface area contributed by atoms with E-state index in [1.54, 1.807) is 19.2 Å². The Kier molecular flexibility index (Phi) is 6.34. The van der Waals surface area contributed by atoms with E-state index in [2.05, 4.69) is 73.1 Å². The molecule has 0 amide bonds. The average molecular weight is 541 g/mol. The third-order valence-electron chi connectivity index (χ3n) is 4.76. The molecule has 0 saturated heterocycles. The van der Waals surface area contributed by atoms with Gasteiger partial charge < -0.3 is 4.74 Å². The molecule has 0 unspecified atom stereocenters. The predicted octanol–water partition coefficient (Wildman–Crippen LogP) is 6.00. The smallest absolute Gasteiger partial charge is 0.282 e. The minimum Gasteiger partial charge on any atom is -0.488 e. The molecule has 0 bridgehead atoms. The summed E-state index contributed by atoms with van der Waals surface area (Å²) in [5.41, 5.74) is 3.59. The van der Waals surface area contributed by atoms with E-state index in [1.165, 1.54) is 10.2 Å². The summed E-state index contributed by atoms with van der Waals surface area (Å²) in [7, 11) is 0. The number of aromatic nitrogens is 2. The summed E-state index contributed by atoms with van der Waals surface area (Å²) in [5.74, 6) is 1.26. The second-order valence-electron chi connectivity index (χ2n) is 7.15. The van der Waals surface area contributed by atoms with Crippen LogP contribution in [-0.2, 0) is 6.61 Å². The Balaban J connectivity index is 1.55. The Morgan fingerprint density at radius 1 is 1.03 bits per heavy atom. The van der Waals surface area contributed by atoms with Crippen molar-refractivity contribution in [3.8, 4) is 5.75 Å². The lowest BCUT2D eigenvalue weighted by atomic mass is 10.2. The number of nitrogens with zero attached hydrogens (tertiary/aromatic N) is 3. The number of hydrogen-bond acceptors (Lipinski definition) is 4. The molecule has 7 heteroatoms. The van der Waals surface area contributed by atoms with Crippen molar-refractivity contribution in [1.29, 1.82) is 0 Å². The number of ether oxygens (including phenoxy) is 1. The van der Waals surface area contributed by atoms with Crippen LogP contribution in [0.4, 0.5) is 0 Å². The van der Waals surface area contributed by atoms with Gasteiger partial charge in [0.25, 0.3) is 5.56 Å². The fourth-order valence-electron chi connectivity index (χ4n) is 3.08. The van der Waals surface area contributed by atoms with Gasteiger partial charge in [-0.05, 0) is 77.3 Å². The topological polar surface area (TPSA) is 56.5 Å². The third-order valence-corrected chi connectivity index (χ3v) is 5.88. The summed E-state index contributed by atoms with van der Waals surface area (Å²) in [6, 6.07) is 19.4. The fourth-order valence-corrected chi connectivity index (χ4v) is 3.95. The zero-order valence-electron chi connectivity index (χ0n) is 17.0. The normalized spacial score (nSPS) is 11.4. The monoisotopic (exact) mass is 539 g/mol. The van der Waals surface area contributed by atoms with Gasteiger partial charge >= 0.3 is 0 Å². The Bertz CT molecular complexity index is 1350. The number of halogens is 2. The summed E-state index contributed by atoms with van der Waals surface area (Å²) in [6.07, 6.45) is 1.63. The van der Waals surface area contributed by atoms with Crippen molar-refractivity contribution in [3.63, 3.8) is 0 Å². The highest BCUT2D eigenvalue weighted by Crippen LogP contribution is 2.26. The molecule has 0 N–H and O–H groups in total. The summed E-state index contributed by atoms with van der Waals surface area (Å²) in [4.78, 5) is 17.3. The molecule has 0 aliphatic carbocycles. The van der Waals surface area contributed by atoms with E-state index in [9.17, 15) is 4.79 Å². The molecule has 5 nitrogen and oxygen atoms in total. The first kappa shape index (κ1) is 21.5. The number of benzene rings is 3.